The van der Waals surface area contributed by atoms with Crippen LogP contribution in [0.15, 0.2) is 103 Å². The molecule has 0 aliphatic carbocycles. The van der Waals surface area contributed by atoms with Gasteiger partial charge < -0.3 is 10.2 Å². The van der Waals surface area contributed by atoms with Crippen LogP contribution >= 0.6 is 0 Å². The molecule has 0 fully saturated rings. The van der Waals surface area contributed by atoms with Gasteiger partial charge in [-0.05, 0) is 84.9 Å². The lowest BCUT2D eigenvalue weighted by Gasteiger charge is -2.30. The van der Waals surface area contributed by atoms with Gasteiger partial charge in [0.05, 0.1) is 0 Å². The molecule has 2 nitrogen and oxygen atoms in total. The van der Waals surface area contributed by atoms with Crippen LogP contribution in [0.4, 0.5) is 0 Å². The normalized spacial score (nSPS) is 12.8. The Labute approximate surface area is 295 Å². The molecule has 0 spiro atoms. The molecular weight excluding hydrogens is 597 g/mol. The van der Waals surface area contributed by atoms with Crippen LogP contribution in [0.5, 0.6) is 11.5 Å². The first-order chi connectivity index (χ1) is 22.7. The molecule has 0 atom stereocenters. The van der Waals surface area contributed by atoms with Crippen LogP contribution in [-0.4, -0.2) is 10.2 Å². The van der Waals surface area contributed by atoms with Crippen molar-refractivity contribution >= 4 is 0 Å². The Balaban J connectivity index is 1.85. The highest BCUT2D eigenvalue weighted by atomic mass is 16.3. The van der Waals surface area contributed by atoms with Crippen molar-refractivity contribution in [3.05, 3.63) is 142 Å². The molecule has 0 unspecified atom stereocenters. The van der Waals surface area contributed by atoms with Crippen molar-refractivity contribution in [1.29, 1.82) is 0 Å². The van der Waals surface area contributed by atoms with E-state index in [1.54, 1.807) is 0 Å². The van der Waals surface area contributed by atoms with Gasteiger partial charge in [-0.1, -0.05) is 162 Å². The smallest absolute Gasteiger partial charge is 0.123 e. The second-order valence-corrected chi connectivity index (χ2v) is 17.9. The summed E-state index contributed by atoms with van der Waals surface area (Å²) >= 11 is 0. The number of rotatable bonds is 5. The SMILES string of the molecule is CC(C)(C)c1cc(-c2ccccc2C(c2ccccc2)c2ccccc2-c2cc(C(C)(C)C)c(O)c(C(C)(C)C)c2)cc(C(C)(C)C)c1O. The van der Waals surface area contributed by atoms with Gasteiger partial charge in [-0.3, -0.25) is 0 Å². The zero-order valence-electron chi connectivity index (χ0n) is 31.8. The topological polar surface area (TPSA) is 40.5 Å². The molecule has 0 amide bonds. The Kier molecular flexibility index (Phi) is 9.45. The second kappa shape index (κ2) is 12.9. The molecule has 256 valence electrons. The van der Waals surface area contributed by atoms with E-state index in [1.165, 1.54) is 16.7 Å². The van der Waals surface area contributed by atoms with Crippen LogP contribution in [0.2, 0.25) is 0 Å². The Morgan fingerprint density at radius 2 is 0.673 bits per heavy atom. The lowest BCUT2D eigenvalue weighted by Crippen LogP contribution is -2.18. The number of aromatic hydroxyl groups is 2. The van der Waals surface area contributed by atoms with Crippen molar-refractivity contribution in [2.45, 2.75) is 111 Å². The van der Waals surface area contributed by atoms with E-state index < -0.39 is 0 Å². The predicted molar refractivity (Wildman–Crippen MR) is 209 cm³/mol. The third-order valence-electron chi connectivity index (χ3n) is 9.75. The minimum atomic E-state index is -0.241. The molecule has 0 saturated heterocycles. The van der Waals surface area contributed by atoms with Gasteiger partial charge >= 0.3 is 0 Å². The summed E-state index contributed by atoms with van der Waals surface area (Å²) in [5.41, 5.74) is 11.0. The molecule has 5 aromatic carbocycles. The van der Waals surface area contributed by atoms with Crippen LogP contribution in [-0.2, 0) is 21.7 Å². The van der Waals surface area contributed by atoms with Crippen molar-refractivity contribution in [2.75, 3.05) is 0 Å². The summed E-state index contributed by atoms with van der Waals surface area (Å²) in [6.07, 6.45) is 0. The van der Waals surface area contributed by atoms with Crippen molar-refractivity contribution in [2.24, 2.45) is 0 Å². The standard InChI is InChI=1S/C47H56O2/c1-44(2,3)37-26-31(27-38(42(37)48)45(4,5)6)33-22-16-18-24-35(33)41(30-20-14-13-15-21-30)36-25-19-17-23-34(36)32-28-39(46(7,8)9)43(49)40(29-32)47(10,11)12/h13-29,41,48-49H,1-12H3. The van der Waals surface area contributed by atoms with E-state index in [-0.39, 0.29) is 27.6 Å². The minimum Gasteiger partial charge on any atom is -0.507 e. The number of phenolic OH excluding ortho intramolecular Hbond substituents is 2. The molecule has 2 N–H and O–H groups in total. The first-order valence-electron chi connectivity index (χ1n) is 17.7. The number of hydrogen-bond donors (Lipinski definition) is 2. The highest BCUT2D eigenvalue weighted by Crippen LogP contribution is 2.48. The molecule has 0 aliphatic heterocycles. The fourth-order valence-electron chi connectivity index (χ4n) is 7.06. The van der Waals surface area contributed by atoms with Crippen LogP contribution in [0.3, 0.4) is 0 Å². The Hall–Kier alpha value is -4.30. The number of benzene rings is 5. The molecular formula is C47H56O2. The molecule has 49 heavy (non-hydrogen) atoms. The first kappa shape index (κ1) is 36.0. The van der Waals surface area contributed by atoms with Crippen LogP contribution in [0.1, 0.15) is 128 Å². The van der Waals surface area contributed by atoms with Gasteiger partial charge in [-0.15, -0.1) is 0 Å². The molecule has 0 aromatic heterocycles. The summed E-state index contributed by atoms with van der Waals surface area (Å²) in [6, 6.07) is 37.1. The van der Waals surface area contributed by atoms with Gasteiger partial charge in [0, 0.05) is 28.2 Å². The van der Waals surface area contributed by atoms with Gasteiger partial charge in [0.25, 0.3) is 0 Å². The lowest BCUT2D eigenvalue weighted by molar-refractivity contribution is 0.422. The van der Waals surface area contributed by atoms with Crippen LogP contribution in [0, 0.1) is 0 Å². The molecule has 2 heteroatoms. The zero-order chi connectivity index (χ0) is 36.1. The largest absolute Gasteiger partial charge is 0.507 e. The second-order valence-electron chi connectivity index (χ2n) is 17.9. The quantitative estimate of drug-likeness (QED) is 0.186. The van der Waals surface area contributed by atoms with Gasteiger partial charge in [0.2, 0.25) is 0 Å². The van der Waals surface area contributed by atoms with Crippen molar-refractivity contribution in [3.63, 3.8) is 0 Å². The highest BCUT2D eigenvalue weighted by molar-refractivity contribution is 5.78. The summed E-state index contributed by atoms with van der Waals surface area (Å²) in [7, 11) is 0. The van der Waals surface area contributed by atoms with E-state index in [0.717, 1.165) is 44.5 Å². The number of phenols is 2. The predicted octanol–water partition coefficient (Wildman–Crippen LogP) is 12.8. The Bertz CT molecular complexity index is 1760. The van der Waals surface area contributed by atoms with Crippen molar-refractivity contribution < 1.29 is 10.2 Å². The zero-order valence-corrected chi connectivity index (χ0v) is 31.8. The van der Waals surface area contributed by atoms with Crippen molar-refractivity contribution in [1.82, 2.24) is 0 Å². The fraction of sp³-hybridized carbons (Fsp3) is 0.362. The van der Waals surface area contributed by atoms with Gasteiger partial charge in [-0.25, -0.2) is 0 Å². The van der Waals surface area contributed by atoms with E-state index in [1.807, 2.05) is 0 Å². The monoisotopic (exact) mass is 652 g/mol. The maximum atomic E-state index is 11.6. The Morgan fingerprint density at radius 1 is 0.388 bits per heavy atom. The maximum absolute atomic E-state index is 11.6. The fourth-order valence-corrected chi connectivity index (χ4v) is 7.06. The molecule has 0 radical (unpaired) electrons. The third-order valence-corrected chi connectivity index (χ3v) is 9.75. The Morgan fingerprint density at radius 3 is 0.980 bits per heavy atom. The minimum absolute atomic E-state index is 0.0800. The summed E-state index contributed by atoms with van der Waals surface area (Å²) in [5.74, 6) is 0.703. The van der Waals surface area contributed by atoms with Crippen molar-refractivity contribution in [3.8, 4) is 33.8 Å². The van der Waals surface area contributed by atoms with Gasteiger partial charge in [0.1, 0.15) is 11.5 Å². The van der Waals surface area contributed by atoms with E-state index in [4.69, 9.17) is 0 Å². The average Bonchev–Trinajstić information content (AvgIpc) is 3.00. The summed E-state index contributed by atoms with van der Waals surface area (Å²) in [4.78, 5) is 0. The molecule has 0 bridgehead atoms. The highest BCUT2D eigenvalue weighted by Gasteiger charge is 2.31. The molecule has 5 rings (SSSR count). The molecule has 0 saturated carbocycles. The summed E-state index contributed by atoms with van der Waals surface area (Å²) in [6.45, 7) is 26.0. The molecule has 0 heterocycles. The molecule has 5 aromatic rings. The van der Waals surface area contributed by atoms with E-state index in [0.29, 0.717) is 11.5 Å². The summed E-state index contributed by atoms with van der Waals surface area (Å²) in [5, 5.41) is 23.2. The van der Waals surface area contributed by atoms with E-state index in [2.05, 4.69) is 186 Å². The number of hydrogen-bond acceptors (Lipinski definition) is 2. The van der Waals surface area contributed by atoms with E-state index >= 15 is 0 Å². The van der Waals surface area contributed by atoms with Gasteiger partial charge in [0.15, 0.2) is 0 Å². The summed E-state index contributed by atoms with van der Waals surface area (Å²) < 4.78 is 0. The third kappa shape index (κ3) is 7.35. The molecule has 0 aliphatic rings. The lowest BCUT2D eigenvalue weighted by atomic mass is 9.74. The van der Waals surface area contributed by atoms with Gasteiger partial charge in [-0.2, -0.15) is 0 Å². The van der Waals surface area contributed by atoms with Crippen LogP contribution in [0.25, 0.3) is 22.3 Å². The first-order valence-corrected chi connectivity index (χ1v) is 17.7. The average molecular weight is 653 g/mol. The van der Waals surface area contributed by atoms with Crippen LogP contribution < -0.4 is 0 Å². The van der Waals surface area contributed by atoms with E-state index in [9.17, 15) is 10.2 Å². The maximum Gasteiger partial charge on any atom is 0.123 e.